The zero-order valence-electron chi connectivity index (χ0n) is 10.4. The van der Waals surface area contributed by atoms with Crippen LogP contribution >= 0.6 is 0 Å². The summed E-state index contributed by atoms with van der Waals surface area (Å²) in [6, 6.07) is 0. The Kier molecular flexibility index (Phi) is 1.55. The zero-order chi connectivity index (χ0) is 12.0. The normalized spacial score (nSPS) is 44.2. The molecule has 18 heavy (non-hydrogen) atoms. The maximum Gasteiger partial charge on any atom is 0.186 e. The summed E-state index contributed by atoms with van der Waals surface area (Å²) >= 11 is 0. The lowest BCUT2D eigenvalue weighted by atomic mass is 9.73. The van der Waals surface area contributed by atoms with Crippen LogP contribution in [0.3, 0.4) is 0 Å². The molecule has 5 aliphatic carbocycles. The van der Waals surface area contributed by atoms with Crippen LogP contribution in [0.4, 0.5) is 0 Å². The Balaban J connectivity index is 1.73. The topological polar surface area (TPSA) is 34.1 Å². The Morgan fingerprint density at radius 2 is 0.833 bits per heavy atom. The van der Waals surface area contributed by atoms with E-state index in [1.165, 1.54) is 0 Å². The van der Waals surface area contributed by atoms with Crippen LogP contribution in [0.1, 0.15) is 38.5 Å². The highest BCUT2D eigenvalue weighted by Gasteiger charge is 2.54. The average Bonchev–Trinajstić information content (AvgIpc) is 3.10. The van der Waals surface area contributed by atoms with E-state index in [9.17, 15) is 9.59 Å². The number of allylic oxidation sites excluding steroid dienone is 4. The van der Waals surface area contributed by atoms with Crippen LogP contribution < -0.4 is 0 Å². The van der Waals surface area contributed by atoms with Crippen LogP contribution in [-0.2, 0) is 9.59 Å². The van der Waals surface area contributed by atoms with Crippen molar-refractivity contribution < 1.29 is 9.59 Å². The Labute approximate surface area is 106 Å². The maximum absolute atomic E-state index is 12.7. The Morgan fingerprint density at radius 3 is 1.11 bits per heavy atom. The second-order valence-corrected chi connectivity index (χ2v) is 6.73. The monoisotopic (exact) mass is 240 g/mol. The second-order valence-electron chi connectivity index (χ2n) is 6.73. The lowest BCUT2D eigenvalue weighted by Gasteiger charge is -2.28. The zero-order valence-corrected chi connectivity index (χ0v) is 10.4. The van der Waals surface area contributed by atoms with Gasteiger partial charge in [-0.1, -0.05) is 0 Å². The van der Waals surface area contributed by atoms with Crippen LogP contribution in [0.5, 0.6) is 0 Å². The molecule has 2 saturated carbocycles. The number of ketones is 2. The van der Waals surface area contributed by atoms with E-state index in [1.807, 2.05) is 0 Å². The van der Waals surface area contributed by atoms with Crippen LogP contribution in [0.25, 0.3) is 0 Å². The van der Waals surface area contributed by atoms with Crippen LogP contribution in [0.2, 0.25) is 0 Å². The van der Waals surface area contributed by atoms with Crippen molar-refractivity contribution in [3.8, 4) is 0 Å². The Hall–Kier alpha value is -1.18. The summed E-state index contributed by atoms with van der Waals surface area (Å²) in [4.78, 5) is 25.5. The summed E-state index contributed by atoms with van der Waals surface area (Å²) in [5, 5.41) is 0. The fourth-order valence-electron chi connectivity index (χ4n) is 5.41. The van der Waals surface area contributed by atoms with Crippen LogP contribution in [-0.4, -0.2) is 11.6 Å². The molecule has 0 unspecified atom stereocenters. The van der Waals surface area contributed by atoms with E-state index in [-0.39, 0.29) is 0 Å². The van der Waals surface area contributed by atoms with Crippen molar-refractivity contribution in [2.24, 2.45) is 23.7 Å². The SMILES string of the molecule is O=C1C2=C(C(=O)C3=C1[C@@H]1CC[C@H]3C1)[C@@H]1CC[C@@H]2C1. The first-order chi connectivity index (χ1) is 8.75. The van der Waals surface area contributed by atoms with Gasteiger partial charge in [0.25, 0.3) is 0 Å². The predicted octanol–water partition coefficient (Wildman–Crippen LogP) is 2.59. The number of carbonyl (C=O) groups excluding carboxylic acids is 2. The minimum absolute atomic E-state index is 0.291. The van der Waals surface area contributed by atoms with Crippen molar-refractivity contribution >= 4 is 11.6 Å². The highest BCUT2D eigenvalue weighted by Crippen LogP contribution is 2.58. The third-order valence-electron chi connectivity index (χ3n) is 6.06. The predicted molar refractivity (Wildman–Crippen MR) is 65.7 cm³/mol. The van der Waals surface area contributed by atoms with Gasteiger partial charge in [-0.2, -0.15) is 0 Å². The third kappa shape index (κ3) is 0.877. The number of fused-ring (bicyclic) bond motifs is 8. The van der Waals surface area contributed by atoms with E-state index in [0.29, 0.717) is 35.2 Å². The molecule has 2 fully saturated rings. The lowest BCUT2D eigenvalue weighted by molar-refractivity contribution is -0.117. The molecular weight excluding hydrogens is 224 g/mol. The molecule has 0 spiro atoms. The molecule has 2 heteroatoms. The van der Waals surface area contributed by atoms with Crippen molar-refractivity contribution in [3.63, 3.8) is 0 Å². The Bertz CT molecular complexity index is 482. The van der Waals surface area contributed by atoms with E-state index in [2.05, 4.69) is 0 Å². The number of hydrogen-bond acceptors (Lipinski definition) is 2. The van der Waals surface area contributed by atoms with Gasteiger partial charge in [-0.05, 0) is 62.2 Å². The lowest BCUT2D eigenvalue weighted by Crippen LogP contribution is -2.30. The third-order valence-corrected chi connectivity index (χ3v) is 6.06. The summed E-state index contributed by atoms with van der Waals surface area (Å²) in [7, 11) is 0. The number of carbonyl (C=O) groups is 2. The molecule has 0 heterocycles. The molecule has 0 saturated heterocycles. The summed E-state index contributed by atoms with van der Waals surface area (Å²) in [5.74, 6) is 2.28. The van der Waals surface area contributed by atoms with E-state index < -0.39 is 0 Å². The van der Waals surface area contributed by atoms with Gasteiger partial charge in [0, 0.05) is 22.3 Å². The Morgan fingerprint density at radius 1 is 0.556 bits per heavy atom. The van der Waals surface area contributed by atoms with Gasteiger partial charge in [-0.25, -0.2) is 0 Å². The van der Waals surface area contributed by atoms with Crippen LogP contribution in [0.15, 0.2) is 22.3 Å². The first-order valence-electron chi connectivity index (χ1n) is 7.33. The van der Waals surface area contributed by atoms with Gasteiger partial charge in [0.1, 0.15) is 0 Å². The largest absolute Gasteiger partial charge is 0.289 e. The minimum Gasteiger partial charge on any atom is -0.289 e. The summed E-state index contributed by atoms with van der Waals surface area (Å²) in [6.07, 6.45) is 6.72. The summed E-state index contributed by atoms with van der Waals surface area (Å²) in [6.45, 7) is 0. The number of rotatable bonds is 0. The molecule has 4 bridgehead atoms. The van der Waals surface area contributed by atoms with Crippen molar-refractivity contribution in [3.05, 3.63) is 22.3 Å². The summed E-state index contributed by atoms with van der Waals surface area (Å²) in [5.41, 5.74) is 3.84. The average molecular weight is 240 g/mol. The molecule has 2 nitrogen and oxygen atoms in total. The van der Waals surface area contributed by atoms with E-state index >= 15 is 0 Å². The maximum atomic E-state index is 12.7. The van der Waals surface area contributed by atoms with E-state index in [0.717, 1.165) is 60.8 Å². The van der Waals surface area contributed by atoms with Gasteiger partial charge in [0.15, 0.2) is 11.6 Å². The molecule has 0 aromatic heterocycles. The quantitative estimate of drug-likeness (QED) is 0.610. The molecule has 0 aliphatic heterocycles. The minimum atomic E-state index is 0.291. The standard InChI is InChI=1S/C16H16O2/c17-15-11-7-1-2-8(5-7)12(11)16(18)14-10-4-3-9(6-10)13(14)15/h7-10H,1-6H2/t7-,8-,9-,10+/m1/s1. The molecule has 0 aromatic rings. The summed E-state index contributed by atoms with van der Waals surface area (Å²) < 4.78 is 0. The molecule has 0 radical (unpaired) electrons. The van der Waals surface area contributed by atoms with Crippen molar-refractivity contribution in [1.29, 1.82) is 0 Å². The highest BCUT2D eigenvalue weighted by atomic mass is 16.1. The van der Waals surface area contributed by atoms with Gasteiger partial charge >= 0.3 is 0 Å². The highest BCUT2D eigenvalue weighted by molar-refractivity contribution is 6.27. The van der Waals surface area contributed by atoms with Crippen molar-refractivity contribution in [2.75, 3.05) is 0 Å². The van der Waals surface area contributed by atoms with Gasteiger partial charge in [0.05, 0.1) is 0 Å². The van der Waals surface area contributed by atoms with E-state index in [4.69, 9.17) is 0 Å². The molecule has 92 valence electrons. The molecule has 5 aliphatic rings. The van der Waals surface area contributed by atoms with Crippen LogP contribution in [0, 0.1) is 23.7 Å². The van der Waals surface area contributed by atoms with E-state index in [1.54, 1.807) is 0 Å². The van der Waals surface area contributed by atoms with Crippen molar-refractivity contribution in [2.45, 2.75) is 38.5 Å². The molecular formula is C16H16O2. The van der Waals surface area contributed by atoms with Crippen molar-refractivity contribution in [1.82, 2.24) is 0 Å². The fraction of sp³-hybridized carbons (Fsp3) is 0.625. The number of hydrogen-bond donors (Lipinski definition) is 0. The molecule has 0 N–H and O–H groups in total. The van der Waals surface area contributed by atoms with Gasteiger partial charge in [0.2, 0.25) is 0 Å². The molecule has 0 aromatic carbocycles. The molecule has 5 rings (SSSR count). The molecule has 4 atom stereocenters. The van der Waals surface area contributed by atoms with Gasteiger partial charge in [-0.3, -0.25) is 9.59 Å². The van der Waals surface area contributed by atoms with Gasteiger partial charge < -0.3 is 0 Å². The first kappa shape index (κ1) is 9.71. The first-order valence-corrected chi connectivity index (χ1v) is 7.33. The molecule has 0 amide bonds. The smallest absolute Gasteiger partial charge is 0.186 e. The van der Waals surface area contributed by atoms with Gasteiger partial charge in [-0.15, -0.1) is 0 Å². The number of Topliss-reactive ketones (excluding diaryl/α,β-unsaturated/α-hetero) is 2. The second kappa shape index (κ2) is 2.87. The fourth-order valence-corrected chi connectivity index (χ4v) is 5.41.